The summed E-state index contributed by atoms with van der Waals surface area (Å²) in [7, 11) is -0.937. The van der Waals surface area contributed by atoms with Crippen LogP contribution in [0.1, 0.15) is 23.7 Å². The summed E-state index contributed by atoms with van der Waals surface area (Å²) in [5.41, 5.74) is 3.04. The standard InChI is InChI=1S/C23H23N3O5S/c1-5-16-18(12-25-27)24-13-20-23(16)17-10-21(30-3)22(31-4)11-19(17)26(20)32(28,29)15-8-6-14(2)7-9-15/h6-13,27H,5H2,1-4H3/b25-12+. The molecule has 0 spiro atoms. The molecule has 0 unspecified atom stereocenters. The first-order chi connectivity index (χ1) is 15.4. The van der Waals surface area contributed by atoms with E-state index in [4.69, 9.17) is 14.7 Å². The van der Waals surface area contributed by atoms with E-state index in [0.29, 0.717) is 45.4 Å². The van der Waals surface area contributed by atoms with E-state index >= 15 is 0 Å². The largest absolute Gasteiger partial charge is 0.493 e. The maximum atomic E-state index is 13.8. The second-order valence-corrected chi connectivity index (χ2v) is 9.07. The number of fused-ring (bicyclic) bond motifs is 3. The Balaban J connectivity index is 2.22. The zero-order chi connectivity index (χ0) is 23.0. The van der Waals surface area contributed by atoms with Crippen LogP contribution in [0.4, 0.5) is 0 Å². The number of hydrogen-bond acceptors (Lipinski definition) is 7. The van der Waals surface area contributed by atoms with Crippen LogP contribution in [-0.4, -0.2) is 43.0 Å². The van der Waals surface area contributed by atoms with Crippen molar-refractivity contribution in [2.45, 2.75) is 25.2 Å². The number of nitrogens with zero attached hydrogens (tertiary/aromatic N) is 3. The van der Waals surface area contributed by atoms with Gasteiger partial charge in [-0.05, 0) is 37.1 Å². The first-order valence-electron chi connectivity index (χ1n) is 9.95. The van der Waals surface area contributed by atoms with Gasteiger partial charge in [-0.15, -0.1) is 0 Å². The summed E-state index contributed by atoms with van der Waals surface area (Å²) in [4.78, 5) is 4.54. The molecular weight excluding hydrogens is 430 g/mol. The molecule has 0 aliphatic rings. The van der Waals surface area contributed by atoms with Gasteiger partial charge in [0, 0.05) is 16.8 Å². The third kappa shape index (κ3) is 3.25. The second-order valence-electron chi connectivity index (χ2n) is 7.29. The molecule has 166 valence electrons. The predicted molar refractivity (Wildman–Crippen MR) is 123 cm³/mol. The highest BCUT2D eigenvalue weighted by Crippen LogP contribution is 2.41. The van der Waals surface area contributed by atoms with Crippen LogP contribution < -0.4 is 9.47 Å². The lowest BCUT2D eigenvalue weighted by molar-refractivity contribution is 0.321. The van der Waals surface area contributed by atoms with E-state index in [2.05, 4.69) is 10.1 Å². The van der Waals surface area contributed by atoms with Crippen molar-refractivity contribution in [3.63, 3.8) is 0 Å². The van der Waals surface area contributed by atoms with E-state index in [1.54, 1.807) is 36.4 Å². The number of pyridine rings is 1. The number of benzene rings is 2. The fourth-order valence-corrected chi connectivity index (χ4v) is 5.47. The lowest BCUT2D eigenvalue weighted by Gasteiger charge is -2.11. The molecule has 0 aliphatic carbocycles. The van der Waals surface area contributed by atoms with Crippen molar-refractivity contribution in [2.75, 3.05) is 14.2 Å². The van der Waals surface area contributed by atoms with Crippen LogP contribution in [0.5, 0.6) is 11.5 Å². The monoisotopic (exact) mass is 453 g/mol. The fraction of sp³-hybridized carbons (Fsp3) is 0.217. The van der Waals surface area contributed by atoms with Crippen molar-refractivity contribution in [3.05, 3.63) is 59.4 Å². The van der Waals surface area contributed by atoms with E-state index in [0.717, 1.165) is 11.1 Å². The summed E-state index contributed by atoms with van der Waals surface area (Å²) in [5.74, 6) is 0.884. The molecule has 2 heterocycles. The molecule has 0 fully saturated rings. The Morgan fingerprint density at radius 3 is 2.34 bits per heavy atom. The van der Waals surface area contributed by atoms with Crippen molar-refractivity contribution in [1.29, 1.82) is 0 Å². The quantitative estimate of drug-likeness (QED) is 0.268. The smallest absolute Gasteiger partial charge is 0.268 e. The van der Waals surface area contributed by atoms with Crippen molar-refractivity contribution in [1.82, 2.24) is 8.96 Å². The molecule has 0 aliphatic heterocycles. The minimum atomic E-state index is -3.96. The Hall–Kier alpha value is -3.59. The predicted octanol–water partition coefficient (Wildman–Crippen LogP) is 4.12. The van der Waals surface area contributed by atoms with Crippen LogP contribution in [0.25, 0.3) is 21.8 Å². The van der Waals surface area contributed by atoms with Crippen molar-refractivity contribution >= 4 is 38.0 Å². The molecule has 0 saturated heterocycles. The highest BCUT2D eigenvalue weighted by Gasteiger charge is 2.27. The van der Waals surface area contributed by atoms with Gasteiger partial charge in [0.25, 0.3) is 10.0 Å². The number of aryl methyl sites for hydroxylation is 2. The normalized spacial score (nSPS) is 12.1. The van der Waals surface area contributed by atoms with E-state index < -0.39 is 10.0 Å². The van der Waals surface area contributed by atoms with Crippen molar-refractivity contribution in [3.8, 4) is 11.5 Å². The SMILES string of the molecule is CCc1c(/C=N/O)ncc2c1c1cc(OC)c(OC)cc1n2S(=O)(=O)c1ccc(C)cc1. The Kier molecular flexibility index (Phi) is 5.52. The van der Waals surface area contributed by atoms with Gasteiger partial charge in [0.1, 0.15) is 0 Å². The van der Waals surface area contributed by atoms with Crippen LogP contribution >= 0.6 is 0 Å². The van der Waals surface area contributed by atoms with Crippen LogP contribution in [-0.2, 0) is 16.4 Å². The van der Waals surface area contributed by atoms with E-state index in [1.807, 2.05) is 13.8 Å². The molecule has 8 nitrogen and oxygen atoms in total. The van der Waals surface area contributed by atoms with E-state index in [-0.39, 0.29) is 4.90 Å². The summed E-state index contributed by atoms with van der Waals surface area (Å²) in [5, 5.41) is 13.6. The maximum Gasteiger partial charge on any atom is 0.268 e. The van der Waals surface area contributed by atoms with Gasteiger partial charge in [-0.1, -0.05) is 29.8 Å². The number of aromatic nitrogens is 2. The minimum Gasteiger partial charge on any atom is -0.493 e. The van der Waals surface area contributed by atoms with Gasteiger partial charge in [0.05, 0.1) is 48.3 Å². The van der Waals surface area contributed by atoms with Gasteiger partial charge >= 0.3 is 0 Å². The lowest BCUT2D eigenvalue weighted by Crippen LogP contribution is -2.13. The summed E-state index contributed by atoms with van der Waals surface area (Å²) >= 11 is 0. The highest BCUT2D eigenvalue weighted by molar-refractivity contribution is 7.90. The molecule has 1 N–H and O–H groups in total. The molecule has 0 radical (unpaired) electrons. The second kappa shape index (κ2) is 8.16. The van der Waals surface area contributed by atoms with Gasteiger partial charge in [-0.3, -0.25) is 4.98 Å². The molecule has 0 saturated carbocycles. The van der Waals surface area contributed by atoms with Gasteiger partial charge in [-0.2, -0.15) is 0 Å². The number of methoxy groups -OCH3 is 2. The summed E-state index contributed by atoms with van der Waals surface area (Å²) < 4.78 is 39.8. The molecule has 9 heteroatoms. The van der Waals surface area contributed by atoms with Crippen LogP contribution in [0.15, 0.2) is 52.6 Å². The molecule has 4 aromatic rings. The fourth-order valence-electron chi connectivity index (χ4n) is 3.98. The Bertz CT molecular complexity index is 1460. The summed E-state index contributed by atoms with van der Waals surface area (Å²) in [6.45, 7) is 3.83. The summed E-state index contributed by atoms with van der Waals surface area (Å²) in [6.07, 6.45) is 3.27. The van der Waals surface area contributed by atoms with Gasteiger partial charge < -0.3 is 14.7 Å². The number of ether oxygens (including phenoxy) is 2. The third-order valence-electron chi connectivity index (χ3n) is 5.49. The molecule has 4 rings (SSSR count). The van der Waals surface area contributed by atoms with Crippen LogP contribution in [0.2, 0.25) is 0 Å². The van der Waals surface area contributed by atoms with Crippen LogP contribution in [0.3, 0.4) is 0 Å². The number of hydrogen-bond donors (Lipinski definition) is 1. The lowest BCUT2D eigenvalue weighted by atomic mass is 10.0. The molecule has 2 aromatic heterocycles. The molecule has 32 heavy (non-hydrogen) atoms. The molecule has 0 bridgehead atoms. The molecule has 0 atom stereocenters. The zero-order valence-electron chi connectivity index (χ0n) is 18.2. The van der Waals surface area contributed by atoms with Crippen molar-refractivity contribution in [2.24, 2.45) is 5.16 Å². The average molecular weight is 454 g/mol. The minimum absolute atomic E-state index is 0.163. The van der Waals surface area contributed by atoms with Gasteiger partial charge in [0.2, 0.25) is 0 Å². The van der Waals surface area contributed by atoms with E-state index in [1.165, 1.54) is 30.6 Å². The molecule has 0 amide bonds. The Morgan fingerprint density at radius 2 is 1.75 bits per heavy atom. The number of rotatable bonds is 6. The van der Waals surface area contributed by atoms with Crippen LogP contribution in [0, 0.1) is 6.92 Å². The Labute approximate surface area is 185 Å². The topological polar surface area (TPSA) is 103 Å². The highest BCUT2D eigenvalue weighted by atomic mass is 32.2. The zero-order valence-corrected chi connectivity index (χ0v) is 19.0. The first kappa shape index (κ1) is 21.6. The Morgan fingerprint density at radius 1 is 1.09 bits per heavy atom. The first-order valence-corrected chi connectivity index (χ1v) is 11.4. The maximum absolute atomic E-state index is 13.8. The van der Waals surface area contributed by atoms with E-state index in [9.17, 15) is 8.42 Å². The van der Waals surface area contributed by atoms with Crippen molar-refractivity contribution < 1.29 is 23.1 Å². The third-order valence-corrected chi connectivity index (χ3v) is 7.24. The molecule has 2 aromatic carbocycles. The average Bonchev–Trinajstić information content (AvgIpc) is 3.12. The molecular formula is C23H23N3O5S. The van der Waals surface area contributed by atoms with Gasteiger partial charge in [0.15, 0.2) is 11.5 Å². The number of oxime groups is 1. The summed E-state index contributed by atoms with van der Waals surface area (Å²) in [6, 6.07) is 10.1. The van der Waals surface area contributed by atoms with Gasteiger partial charge in [-0.25, -0.2) is 12.4 Å².